The Balaban J connectivity index is 1.67. The smallest absolute Gasteiger partial charge is 0.184 e. The van der Waals surface area contributed by atoms with Crippen molar-refractivity contribution >= 4 is 22.5 Å². The average molecular weight is 362 g/mol. The third-order valence-corrected chi connectivity index (χ3v) is 4.08. The van der Waals surface area contributed by atoms with Crippen LogP contribution in [-0.4, -0.2) is 27.2 Å². The number of aromatic nitrogens is 3. The van der Waals surface area contributed by atoms with Crippen LogP contribution < -0.4 is 10.1 Å². The van der Waals surface area contributed by atoms with Gasteiger partial charge in [-0.3, -0.25) is 0 Å². The Morgan fingerprint density at radius 1 is 1.07 bits per heavy atom. The van der Waals surface area contributed by atoms with Crippen molar-refractivity contribution in [3.8, 4) is 11.5 Å². The number of H-pyrrole nitrogens is 1. The third kappa shape index (κ3) is 3.59. The fourth-order valence-electron chi connectivity index (χ4n) is 2.76. The van der Waals surface area contributed by atoms with Crippen molar-refractivity contribution in [2.75, 3.05) is 12.4 Å². The minimum Gasteiger partial charge on any atom is -0.457 e. The van der Waals surface area contributed by atoms with E-state index < -0.39 is 6.29 Å². The highest BCUT2D eigenvalue weighted by atomic mass is 16.6. The van der Waals surface area contributed by atoms with Crippen molar-refractivity contribution in [1.82, 2.24) is 15.0 Å². The number of aromatic amines is 1. The lowest BCUT2D eigenvalue weighted by Gasteiger charge is -2.17. The molecule has 1 atom stereocenters. The average Bonchev–Trinajstić information content (AvgIpc) is 3.19. The van der Waals surface area contributed by atoms with Gasteiger partial charge in [-0.2, -0.15) is 0 Å². The highest BCUT2D eigenvalue weighted by Crippen LogP contribution is 2.33. The zero-order valence-electron chi connectivity index (χ0n) is 14.6. The Hall–Kier alpha value is -3.42. The van der Waals surface area contributed by atoms with Crippen molar-refractivity contribution in [2.24, 2.45) is 0 Å². The summed E-state index contributed by atoms with van der Waals surface area (Å²) in [5, 5.41) is 13.5. The summed E-state index contributed by atoms with van der Waals surface area (Å²) < 4.78 is 11.0. The van der Waals surface area contributed by atoms with Crippen molar-refractivity contribution in [3.05, 3.63) is 72.7 Å². The molecule has 4 aromatic rings. The molecule has 7 nitrogen and oxygen atoms in total. The molecule has 0 aliphatic carbocycles. The number of anilines is 2. The van der Waals surface area contributed by atoms with Gasteiger partial charge in [0.05, 0.1) is 11.1 Å². The molecular weight excluding hydrogens is 344 g/mol. The number of nitrogens with zero attached hydrogens (tertiary/aromatic N) is 2. The topological polar surface area (TPSA) is 92.3 Å². The normalized spacial score (nSPS) is 12.1. The van der Waals surface area contributed by atoms with Crippen LogP contribution in [0.25, 0.3) is 11.0 Å². The second-order valence-corrected chi connectivity index (χ2v) is 5.84. The molecule has 2 aromatic carbocycles. The van der Waals surface area contributed by atoms with E-state index in [4.69, 9.17) is 9.47 Å². The molecule has 0 aliphatic heterocycles. The number of fused-ring (bicyclic) bond motifs is 1. The molecule has 0 bridgehead atoms. The predicted molar refractivity (Wildman–Crippen MR) is 102 cm³/mol. The largest absolute Gasteiger partial charge is 0.457 e. The molecule has 4 rings (SSSR count). The fourth-order valence-corrected chi connectivity index (χ4v) is 2.76. The first-order chi connectivity index (χ1) is 13.2. The van der Waals surface area contributed by atoms with Gasteiger partial charge in [0.25, 0.3) is 0 Å². The highest BCUT2D eigenvalue weighted by Gasteiger charge is 2.15. The molecule has 0 amide bonds. The second-order valence-electron chi connectivity index (χ2n) is 5.84. The molecule has 0 saturated heterocycles. The van der Waals surface area contributed by atoms with Crippen LogP contribution in [0.3, 0.4) is 0 Å². The lowest BCUT2D eigenvalue weighted by atomic mass is 10.1. The van der Waals surface area contributed by atoms with Gasteiger partial charge in [0.15, 0.2) is 12.1 Å². The second kappa shape index (κ2) is 7.45. The van der Waals surface area contributed by atoms with Crippen LogP contribution in [0.1, 0.15) is 11.9 Å². The van der Waals surface area contributed by atoms with E-state index in [2.05, 4.69) is 20.3 Å². The molecule has 0 radical (unpaired) electrons. The molecule has 7 heteroatoms. The van der Waals surface area contributed by atoms with Crippen LogP contribution in [-0.2, 0) is 4.74 Å². The number of hydrogen-bond acceptors (Lipinski definition) is 6. The van der Waals surface area contributed by atoms with Crippen molar-refractivity contribution in [3.63, 3.8) is 0 Å². The summed E-state index contributed by atoms with van der Waals surface area (Å²) in [5.74, 6) is 1.82. The number of rotatable bonds is 6. The number of methoxy groups -OCH3 is 1. The maximum Gasteiger partial charge on any atom is 0.184 e. The van der Waals surface area contributed by atoms with Gasteiger partial charge in [0.1, 0.15) is 23.3 Å². The summed E-state index contributed by atoms with van der Waals surface area (Å²) in [4.78, 5) is 11.6. The van der Waals surface area contributed by atoms with E-state index in [1.807, 2.05) is 42.5 Å². The minimum atomic E-state index is -1.12. The molecule has 27 heavy (non-hydrogen) atoms. The number of aliphatic hydroxyl groups is 1. The lowest BCUT2D eigenvalue weighted by Crippen LogP contribution is -2.04. The monoisotopic (exact) mass is 362 g/mol. The van der Waals surface area contributed by atoms with Gasteiger partial charge >= 0.3 is 0 Å². The Morgan fingerprint density at radius 2 is 1.93 bits per heavy atom. The van der Waals surface area contributed by atoms with Crippen LogP contribution in [0.4, 0.5) is 11.5 Å². The SMILES string of the molecule is COC(O)c1cc(Nc2ncnc3cc[nH]c23)ccc1Oc1ccccc1. The van der Waals surface area contributed by atoms with E-state index in [0.29, 0.717) is 22.9 Å². The summed E-state index contributed by atoms with van der Waals surface area (Å²) in [5.41, 5.74) is 2.85. The van der Waals surface area contributed by atoms with Crippen molar-refractivity contribution in [1.29, 1.82) is 0 Å². The Morgan fingerprint density at radius 3 is 2.74 bits per heavy atom. The summed E-state index contributed by atoms with van der Waals surface area (Å²) in [6.07, 6.45) is 2.18. The van der Waals surface area contributed by atoms with E-state index in [0.717, 1.165) is 16.7 Å². The van der Waals surface area contributed by atoms with Gasteiger partial charge in [0.2, 0.25) is 0 Å². The van der Waals surface area contributed by atoms with Crippen molar-refractivity contribution < 1.29 is 14.6 Å². The van der Waals surface area contributed by atoms with Gasteiger partial charge in [-0.15, -0.1) is 0 Å². The fraction of sp³-hybridized carbons (Fsp3) is 0.100. The number of aliphatic hydroxyl groups excluding tert-OH is 1. The molecule has 0 saturated carbocycles. The van der Waals surface area contributed by atoms with Crippen LogP contribution >= 0.6 is 0 Å². The lowest BCUT2D eigenvalue weighted by molar-refractivity contribution is -0.0778. The van der Waals surface area contributed by atoms with Gasteiger partial charge in [-0.1, -0.05) is 18.2 Å². The molecule has 2 heterocycles. The molecule has 3 N–H and O–H groups in total. The summed E-state index contributed by atoms with van der Waals surface area (Å²) in [6.45, 7) is 0. The molecule has 0 aliphatic rings. The highest BCUT2D eigenvalue weighted by molar-refractivity contribution is 5.87. The van der Waals surface area contributed by atoms with Crippen LogP contribution in [0.2, 0.25) is 0 Å². The predicted octanol–water partition coefficient (Wildman–Crippen LogP) is 4.13. The Kier molecular flexibility index (Phi) is 4.69. The number of ether oxygens (including phenoxy) is 2. The van der Waals surface area contributed by atoms with E-state index in [9.17, 15) is 5.11 Å². The maximum absolute atomic E-state index is 10.3. The van der Waals surface area contributed by atoms with Crippen LogP contribution in [0, 0.1) is 0 Å². The van der Waals surface area contributed by atoms with Gasteiger partial charge in [0, 0.05) is 19.0 Å². The van der Waals surface area contributed by atoms with Crippen molar-refractivity contribution in [2.45, 2.75) is 6.29 Å². The standard InChI is InChI=1S/C20H18N4O3/c1-26-20(25)15-11-13(7-8-17(15)27-14-5-3-2-4-6-14)24-19-18-16(9-10-21-18)22-12-23-19/h2-12,20-21,25H,1H3,(H,22,23,24). The summed E-state index contributed by atoms with van der Waals surface area (Å²) in [6, 6.07) is 16.6. The number of benzene rings is 2. The molecule has 0 spiro atoms. The molecular formula is C20H18N4O3. The Bertz CT molecular complexity index is 1050. The molecule has 0 fully saturated rings. The third-order valence-electron chi connectivity index (χ3n) is 4.08. The van der Waals surface area contributed by atoms with E-state index in [1.165, 1.54) is 13.4 Å². The van der Waals surface area contributed by atoms with Gasteiger partial charge < -0.3 is 24.9 Å². The molecule has 2 aromatic heterocycles. The van der Waals surface area contributed by atoms with Crippen LogP contribution in [0.5, 0.6) is 11.5 Å². The summed E-state index contributed by atoms with van der Waals surface area (Å²) >= 11 is 0. The maximum atomic E-state index is 10.3. The first-order valence-corrected chi connectivity index (χ1v) is 8.37. The molecule has 1 unspecified atom stereocenters. The Labute approximate surface area is 155 Å². The summed E-state index contributed by atoms with van der Waals surface area (Å²) in [7, 11) is 1.43. The van der Waals surface area contributed by atoms with Gasteiger partial charge in [-0.25, -0.2) is 9.97 Å². The number of nitrogens with one attached hydrogen (secondary N) is 2. The van der Waals surface area contributed by atoms with E-state index >= 15 is 0 Å². The van der Waals surface area contributed by atoms with E-state index in [-0.39, 0.29) is 0 Å². The number of hydrogen-bond donors (Lipinski definition) is 3. The van der Waals surface area contributed by atoms with Crippen LogP contribution in [0.15, 0.2) is 67.1 Å². The quantitative estimate of drug-likeness (QED) is 0.447. The number of para-hydroxylation sites is 1. The minimum absolute atomic E-state index is 0.503. The van der Waals surface area contributed by atoms with E-state index in [1.54, 1.807) is 18.3 Å². The first kappa shape index (κ1) is 17.0. The zero-order valence-corrected chi connectivity index (χ0v) is 14.6. The first-order valence-electron chi connectivity index (χ1n) is 8.37. The molecule has 136 valence electrons. The van der Waals surface area contributed by atoms with Gasteiger partial charge in [-0.05, 0) is 36.4 Å². The zero-order chi connectivity index (χ0) is 18.6.